The van der Waals surface area contributed by atoms with Crippen molar-refractivity contribution < 1.29 is 29.2 Å². The topological polar surface area (TPSA) is 210 Å². The number of hydrogen-bond acceptors (Lipinski definition) is 11. The molecular weight excluding hydrogens is 499 g/mol. The van der Waals surface area contributed by atoms with E-state index in [1.807, 2.05) is 0 Å². The number of imidazole rings is 1. The Bertz CT molecular complexity index is 1380. The number of aromatic nitrogens is 4. The number of carboxylic acids is 1. The van der Waals surface area contributed by atoms with Crippen molar-refractivity contribution in [1.82, 2.24) is 24.4 Å². The number of rotatable bonds is 10. The fourth-order valence-electron chi connectivity index (χ4n) is 4.19. The van der Waals surface area contributed by atoms with Crippen LogP contribution in [-0.2, 0) is 9.53 Å². The number of anilines is 1. The molecule has 0 aliphatic carbocycles. The molecule has 0 bridgehead atoms. The largest absolute Gasteiger partial charge is 0.480 e. The van der Waals surface area contributed by atoms with Gasteiger partial charge >= 0.3 is 5.97 Å². The summed E-state index contributed by atoms with van der Waals surface area (Å²) in [5, 5.41) is 39.5. The molecule has 3 aromatic rings. The maximum absolute atomic E-state index is 13.9. The number of nitrogen functional groups attached to an aromatic ring is 1. The van der Waals surface area contributed by atoms with Crippen LogP contribution in [0.2, 0.25) is 0 Å². The molecule has 7 N–H and O–H groups in total. The summed E-state index contributed by atoms with van der Waals surface area (Å²) < 4.78 is 21.4. The Balaban J connectivity index is 1.49. The molecule has 0 amide bonds. The van der Waals surface area contributed by atoms with Crippen LogP contribution >= 0.6 is 0 Å². The average molecular weight is 527 g/mol. The fourth-order valence-corrected chi connectivity index (χ4v) is 4.19. The van der Waals surface area contributed by atoms with Gasteiger partial charge in [0.2, 0.25) is 0 Å². The van der Waals surface area contributed by atoms with E-state index in [2.05, 4.69) is 15.0 Å². The normalized spacial score (nSPS) is 22.3. The van der Waals surface area contributed by atoms with Gasteiger partial charge in [0.1, 0.15) is 48.1 Å². The minimum absolute atomic E-state index is 0.0632. The Labute approximate surface area is 216 Å². The zero-order chi connectivity index (χ0) is 27.4. The van der Waals surface area contributed by atoms with Crippen LogP contribution in [0.5, 0.6) is 0 Å². The van der Waals surface area contributed by atoms with Crippen molar-refractivity contribution >= 4 is 29.0 Å². The van der Waals surface area contributed by atoms with E-state index < -0.39 is 42.4 Å². The highest BCUT2D eigenvalue weighted by Gasteiger charge is 2.44. The molecule has 200 valence electrons. The van der Waals surface area contributed by atoms with Gasteiger partial charge in [-0.15, -0.1) is 0 Å². The van der Waals surface area contributed by atoms with Gasteiger partial charge in [0.05, 0.1) is 11.9 Å². The summed E-state index contributed by atoms with van der Waals surface area (Å²) in [7, 11) is 0. The predicted octanol–water partition coefficient (Wildman–Crippen LogP) is -0.144. The molecule has 4 rings (SSSR count). The van der Waals surface area contributed by atoms with Crippen LogP contribution in [0.3, 0.4) is 0 Å². The summed E-state index contributed by atoms with van der Waals surface area (Å²) in [4.78, 5) is 25.2. The van der Waals surface area contributed by atoms with Crippen molar-refractivity contribution in [1.29, 1.82) is 5.26 Å². The molecular formula is C24H27FN8O5. The second-order valence-corrected chi connectivity index (χ2v) is 8.88. The first kappa shape index (κ1) is 27.0. The second kappa shape index (κ2) is 11.6. The first-order valence-electron chi connectivity index (χ1n) is 11.7. The van der Waals surface area contributed by atoms with E-state index in [4.69, 9.17) is 26.6 Å². The van der Waals surface area contributed by atoms with E-state index in [0.29, 0.717) is 16.7 Å². The first-order valence-corrected chi connectivity index (χ1v) is 11.7. The number of benzene rings is 1. The van der Waals surface area contributed by atoms with Gasteiger partial charge in [-0.3, -0.25) is 14.3 Å². The number of ether oxygens (including phenoxy) is 1. The molecule has 1 aliphatic rings. The van der Waals surface area contributed by atoms with E-state index in [1.165, 1.54) is 29.4 Å². The minimum Gasteiger partial charge on any atom is -0.480 e. The van der Waals surface area contributed by atoms with Crippen LogP contribution in [-0.4, -0.2) is 89.7 Å². The van der Waals surface area contributed by atoms with Crippen LogP contribution < -0.4 is 11.5 Å². The first-order chi connectivity index (χ1) is 18.2. The molecule has 0 saturated carbocycles. The maximum Gasteiger partial charge on any atom is 0.320 e. The van der Waals surface area contributed by atoms with E-state index >= 15 is 0 Å². The van der Waals surface area contributed by atoms with Crippen molar-refractivity contribution in [3.05, 3.63) is 53.9 Å². The smallest absolute Gasteiger partial charge is 0.320 e. The zero-order valence-electron chi connectivity index (χ0n) is 20.1. The Morgan fingerprint density at radius 1 is 1.32 bits per heavy atom. The second-order valence-electron chi connectivity index (χ2n) is 8.88. The third-order valence-corrected chi connectivity index (χ3v) is 6.30. The van der Waals surface area contributed by atoms with E-state index in [0.717, 1.165) is 0 Å². The summed E-state index contributed by atoms with van der Waals surface area (Å²) in [6, 6.07) is 4.88. The lowest BCUT2D eigenvalue weighted by atomic mass is 10.1. The number of aliphatic carboxylic acids is 1. The summed E-state index contributed by atoms with van der Waals surface area (Å²) in [5.41, 5.74) is 12.6. The van der Waals surface area contributed by atoms with Crippen molar-refractivity contribution in [2.45, 2.75) is 37.0 Å². The molecule has 0 spiro atoms. The van der Waals surface area contributed by atoms with E-state index in [9.17, 15) is 19.4 Å². The SMILES string of the molecule is N#Cc1ccc(/C=C/CN(CC[C@H](N)C(=O)O)C[C@H]2O[C@@H](n3cnc4c(N)ncnc43)[C@H](O)[C@@H]2O)cc1F. The molecule has 13 nitrogen and oxygen atoms in total. The molecule has 0 radical (unpaired) electrons. The highest BCUT2D eigenvalue weighted by molar-refractivity contribution is 5.81. The van der Waals surface area contributed by atoms with Crippen molar-refractivity contribution in [3.63, 3.8) is 0 Å². The van der Waals surface area contributed by atoms with Crippen molar-refractivity contribution in [2.75, 3.05) is 25.4 Å². The summed E-state index contributed by atoms with van der Waals surface area (Å²) in [5.74, 6) is -1.62. The number of aliphatic hydroxyl groups excluding tert-OH is 2. The number of nitrogens with two attached hydrogens (primary N) is 2. The van der Waals surface area contributed by atoms with E-state index in [1.54, 1.807) is 29.2 Å². The molecule has 1 aliphatic heterocycles. The standard InChI is InChI=1S/C24H27FN8O5/c25-15-8-13(3-4-14(15)9-26)2-1-6-32(7-5-16(27)24(36)37)10-17-19(34)20(35)23(38-17)33-12-31-18-21(28)29-11-30-22(18)33/h1-4,8,11-12,16-17,19-20,23,34-35H,5-7,10,27H2,(H,36,37)(H2,28,29,30)/b2-1+/t16-,17+,19+,20+,23+/m0/s1. The van der Waals surface area contributed by atoms with Crippen LogP contribution in [0, 0.1) is 17.1 Å². The average Bonchev–Trinajstić information content (AvgIpc) is 3.44. The number of carboxylic acid groups (broad SMARTS) is 1. The lowest BCUT2D eigenvalue weighted by molar-refractivity contribution is -0.138. The molecule has 0 unspecified atom stereocenters. The number of aliphatic hydroxyl groups is 2. The van der Waals surface area contributed by atoms with Crippen molar-refractivity contribution in [3.8, 4) is 6.07 Å². The summed E-state index contributed by atoms with van der Waals surface area (Å²) in [6.07, 6.45) is 1.70. The molecule has 1 aromatic carbocycles. The third kappa shape index (κ3) is 5.77. The molecule has 3 heterocycles. The Morgan fingerprint density at radius 2 is 2.11 bits per heavy atom. The van der Waals surface area contributed by atoms with E-state index in [-0.39, 0.29) is 37.4 Å². The minimum atomic E-state index is -1.31. The molecule has 1 saturated heterocycles. The highest BCUT2D eigenvalue weighted by Crippen LogP contribution is 2.32. The van der Waals surface area contributed by atoms with Crippen LogP contribution in [0.25, 0.3) is 17.2 Å². The lowest BCUT2D eigenvalue weighted by Crippen LogP contribution is -2.42. The van der Waals surface area contributed by atoms with Gasteiger partial charge in [0.15, 0.2) is 17.7 Å². The van der Waals surface area contributed by atoms with Gasteiger partial charge in [-0.05, 0) is 24.1 Å². The zero-order valence-corrected chi connectivity index (χ0v) is 20.1. The van der Waals surface area contributed by atoms with Crippen LogP contribution in [0.4, 0.5) is 10.2 Å². The number of carbonyl (C=O) groups is 1. The molecule has 5 atom stereocenters. The lowest BCUT2D eigenvalue weighted by Gasteiger charge is -2.26. The summed E-state index contributed by atoms with van der Waals surface area (Å²) in [6.45, 7) is 0.639. The molecule has 14 heteroatoms. The molecule has 1 fully saturated rings. The van der Waals surface area contributed by atoms with Crippen molar-refractivity contribution in [2.24, 2.45) is 5.73 Å². The fraction of sp³-hybridized carbons (Fsp3) is 0.375. The Hall–Kier alpha value is -4.00. The summed E-state index contributed by atoms with van der Waals surface area (Å²) >= 11 is 0. The Morgan fingerprint density at radius 3 is 2.82 bits per heavy atom. The molecule has 2 aromatic heterocycles. The molecule has 38 heavy (non-hydrogen) atoms. The number of halogens is 1. The van der Waals surface area contributed by atoms with Gasteiger partial charge in [-0.1, -0.05) is 18.2 Å². The monoisotopic (exact) mass is 526 g/mol. The van der Waals surface area contributed by atoms with Gasteiger partial charge in [-0.2, -0.15) is 5.26 Å². The Kier molecular flexibility index (Phi) is 8.25. The quantitative estimate of drug-likeness (QED) is 0.234. The predicted molar refractivity (Wildman–Crippen MR) is 132 cm³/mol. The maximum atomic E-state index is 13.9. The van der Waals surface area contributed by atoms with Crippen LogP contribution in [0.1, 0.15) is 23.8 Å². The third-order valence-electron chi connectivity index (χ3n) is 6.30. The van der Waals surface area contributed by atoms with Gasteiger partial charge in [0, 0.05) is 19.6 Å². The van der Waals surface area contributed by atoms with Gasteiger partial charge in [-0.25, -0.2) is 19.3 Å². The van der Waals surface area contributed by atoms with Gasteiger partial charge in [0.25, 0.3) is 0 Å². The van der Waals surface area contributed by atoms with Crippen LogP contribution in [0.15, 0.2) is 36.9 Å². The number of fused-ring (bicyclic) bond motifs is 1. The number of nitriles is 1. The highest BCUT2D eigenvalue weighted by atomic mass is 19.1. The van der Waals surface area contributed by atoms with Gasteiger partial charge < -0.3 is 31.5 Å². The number of hydrogen-bond donors (Lipinski definition) is 5. The number of nitrogens with zero attached hydrogens (tertiary/aromatic N) is 6.